The average Bonchev–Trinajstić information content (AvgIpc) is 2.03. The highest BCUT2D eigenvalue weighted by Crippen LogP contribution is 1.92. The largest absolute Gasteiger partial charge is 0.299 e. The van der Waals surface area contributed by atoms with E-state index in [0.29, 0.717) is 11.9 Å². The number of rotatable bonds is 4. The van der Waals surface area contributed by atoms with Crippen LogP contribution in [0.1, 0.15) is 6.92 Å². The number of hydrogen-bond acceptors (Lipinski definition) is 2. The lowest BCUT2D eigenvalue weighted by Gasteiger charge is -1.82. The smallest absolute Gasteiger partial charge is 0.150 e. The topological polar surface area (TPSA) is 34.1 Å². The minimum absolute atomic E-state index is 0.547. The molecule has 0 aromatic heterocycles. The van der Waals surface area contributed by atoms with Gasteiger partial charge in [-0.1, -0.05) is 24.3 Å². The van der Waals surface area contributed by atoms with Crippen molar-refractivity contribution in [3.05, 3.63) is 36.0 Å². The Morgan fingerprint density at radius 1 is 1.18 bits per heavy atom. The van der Waals surface area contributed by atoms with Crippen LogP contribution in [-0.4, -0.2) is 12.6 Å². The third-order valence-electron chi connectivity index (χ3n) is 0.974. The molecule has 0 saturated heterocycles. The normalized spacial score (nSPS) is 12.6. The van der Waals surface area contributed by atoms with E-state index >= 15 is 0 Å². The van der Waals surface area contributed by atoms with Gasteiger partial charge in [0.2, 0.25) is 0 Å². The van der Waals surface area contributed by atoms with E-state index in [0.717, 1.165) is 6.29 Å². The van der Waals surface area contributed by atoms with Crippen molar-refractivity contribution in [3.8, 4) is 0 Å². The Morgan fingerprint density at radius 2 is 1.91 bits per heavy atom. The molecule has 0 radical (unpaired) electrons. The summed E-state index contributed by atoms with van der Waals surface area (Å²) in [7, 11) is 0. The molecule has 0 saturated carbocycles. The molecule has 0 fully saturated rings. The minimum Gasteiger partial charge on any atom is -0.299 e. The molecule has 0 aromatic carbocycles. The van der Waals surface area contributed by atoms with Gasteiger partial charge in [-0.2, -0.15) is 0 Å². The predicted octanol–water partition coefficient (Wildman–Crippen LogP) is 1.44. The maximum Gasteiger partial charge on any atom is 0.150 e. The van der Waals surface area contributed by atoms with Crippen LogP contribution in [0.5, 0.6) is 0 Å². The lowest BCUT2D eigenvalue weighted by atomic mass is 10.2. The van der Waals surface area contributed by atoms with Gasteiger partial charge < -0.3 is 0 Å². The molecule has 0 aliphatic carbocycles. The van der Waals surface area contributed by atoms with E-state index in [9.17, 15) is 9.59 Å². The van der Waals surface area contributed by atoms with E-state index in [4.69, 9.17) is 0 Å². The van der Waals surface area contributed by atoms with Gasteiger partial charge in [0.15, 0.2) is 0 Å². The number of carbonyl (C=O) groups excluding carboxylic acids is 2. The minimum atomic E-state index is 0.547. The van der Waals surface area contributed by atoms with E-state index in [2.05, 4.69) is 0 Å². The Bertz CT molecular complexity index is 210. The molecule has 0 bridgehead atoms. The fourth-order valence-electron chi connectivity index (χ4n) is 0.539. The Kier molecular flexibility index (Phi) is 5.80. The first-order valence-electron chi connectivity index (χ1n) is 3.25. The Morgan fingerprint density at radius 3 is 2.36 bits per heavy atom. The zero-order chi connectivity index (χ0) is 8.53. The SMILES string of the molecule is C\C=C/C(C=O)=C\C=C\C=O. The second-order valence-corrected chi connectivity index (χ2v) is 1.81. The summed E-state index contributed by atoms with van der Waals surface area (Å²) in [4.78, 5) is 20.1. The van der Waals surface area contributed by atoms with Gasteiger partial charge >= 0.3 is 0 Å². The highest BCUT2D eigenvalue weighted by Gasteiger charge is 1.82. The Labute approximate surface area is 65.9 Å². The lowest BCUT2D eigenvalue weighted by Crippen LogP contribution is -1.76. The Balaban J connectivity index is 4.22. The summed E-state index contributed by atoms with van der Waals surface area (Å²) in [5, 5.41) is 0. The number of carbonyl (C=O) groups is 2. The van der Waals surface area contributed by atoms with Gasteiger partial charge in [0.1, 0.15) is 12.6 Å². The number of allylic oxidation sites excluding steroid dienone is 6. The van der Waals surface area contributed by atoms with E-state index in [1.165, 1.54) is 12.2 Å². The fraction of sp³-hybridized carbons (Fsp3) is 0.111. The summed E-state index contributed by atoms with van der Waals surface area (Å²) in [5.41, 5.74) is 0.547. The molecular formula is C9H10O2. The van der Waals surface area contributed by atoms with Gasteiger partial charge in [-0.3, -0.25) is 9.59 Å². The van der Waals surface area contributed by atoms with Gasteiger partial charge in [-0.15, -0.1) is 0 Å². The van der Waals surface area contributed by atoms with Crippen LogP contribution in [0.25, 0.3) is 0 Å². The molecule has 0 unspecified atom stereocenters. The number of aldehydes is 2. The van der Waals surface area contributed by atoms with Crippen molar-refractivity contribution in [2.75, 3.05) is 0 Å². The highest BCUT2D eigenvalue weighted by molar-refractivity contribution is 5.78. The molecule has 0 heterocycles. The van der Waals surface area contributed by atoms with Crippen molar-refractivity contribution in [2.24, 2.45) is 0 Å². The molecule has 58 valence electrons. The maximum atomic E-state index is 10.2. The van der Waals surface area contributed by atoms with Gasteiger partial charge in [-0.05, 0) is 13.0 Å². The molecule has 0 aliphatic rings. The summed E-state index contributed by atoms with van der Waals surface area (Å²) in [6.45, 7) is 1.82. The monoisotopic (exact) mass is 150 g/mol. The van der Waals surface area contributed by atoms with Crippen LogP contribution in [0.4, 0.5) is 0 Å². The molecule has 11 heavy (non-hydrogen) atoms. The van der Waals surface area contributed by atoms with Crippen LogP contribution in [0.3, 0.4) is 0 Å². The Hall–Kier alpha value is -1.44. The van der Waals surface area contributed by atoms with Crippen molar-refractivity contribution in [1.82, 2.24) is 0 Å². The predicted molar refractivity (Wildman–Crippen MR) is 44.2 cm³/mol. The fourth-order valence-corrected chi connectivity index (χ4v) is 0.539. The zero-order valence-corrected chi connectivity index (χ0v) is 6.36. The van der Waals surface area contributed by atoms with Crippen LogP contribution in [0.2, 0.25) is 0 Å². The molecule has 2 nitrogen and oxygen atoms in total. The molecule has 0 spiro atoms. The van der Waals surface area contributed by atoms with E-state index in [1.807, 2.05) is 6.92 Å². The van der Waals surface area contributed by atoms with Crippen molar-refractivity contribution in [2.45, 2.75) is 6.92 Å². The summed E-state index contributed by atoms with van der Waals surface area (Å²) in [6, 6.07) is 0. The van der Waals surface area contributed by atoms with Crippen LogP contribution < -0.4 is 0 Å². The van der Waals surface area contributed by atoms with Crippen LogP contribution in [-0.2, 0) is 9.59 Å². The standard InChI is InChI=1S/C9H10O2/c1-2-5-9(8-11)6-3-4-7-10/h2-8H,1H3/b4-3+,5-2-,9-6+. The van der Waals surface area contributed by atoms with Crippen molar-refractivity contribution in [1.29, 1.82) is 0 Å². The number of hydrogen-bond donors (Lipinski definition) is 0. The molecule has 0 aliphatic heterocycles. The van der Waals surface area contributed by atoms with E-state index in [-0.39, 0.29) is 0 Å². The molecule has 0 aromatic rings. The average molecular weight is 150 g/mol. The van der Waals surface area contributed by atoms with Gasteiger partial charge in [0.25, 0.3) is 0 Å². The second kappa shape index (κ2) is 6.68. The summed E-state index contributed by atoms with van der Waals surface area (Å²) < 4.78 is 0. The second-order valence-electron chi connectivity index (χ2n) is 1.81. The van der Waals surface area contributed by atoms with Crippen molar-refractivity contribution >= 4 is 12.6 Å². The van der Waals surface area contributed by atoms with Gasteiger partial charge in [-0.25, -0.2) is 0 Å². The molecule has 0 rings (SSSR count). The summed E-state index contributed by atoms with van der Waals surface area (Å²) >= 11 is 0. The first-order valence-corrected chi connectivity index (χ1v) is 3.25. The maximum absolute atomic E-state index is 10.2. The van der Waals surface area contributed by atoms with E-state index < -0.39 is 0 Å². The molecular weight excluding hydrogens is 140 g/mol. The molecule has 2 heteroatoms. The quantitative estimate of drug-likeness (QED) is 0.345. The third kappa shape index (κ3) is 5.03. The van der Waals surface area contributed by atoms with Crippen molar-refractivity contribution in [3.63, 3.8) is 0 Å². The molecule has 0 amide bonds. The summed E-state index contributed by atoms with van der Waals surface area (Å²) in [6.07, 6.45) is 9.24. The van der Waals surface area contributed by atoms with Crippen molar-refractivity contribution < 1.29 is 9.59 Å². The third-order valence-corrected chi connectivity index (χ3v) is 0.974. The van der Waals surface area contributed by atoms with Gasteiger partial charge in [0, 0.05) is 5.57 Å². The van der Waals surface area contributed by atoms with E-state index in [1.54, 1.807) is 18.2 Å². The zero-order valence-electron chi connectivity index (χ0n) is 6.36. The molecule has 0 N–H and O–H groups in total. The van der Waals surface area contributed by atoms with Gasteiger partial charge in [0.05, 0.1) is 0 Å². The van der Waals surface area contributed by atoms with Crippen LogP contribution >= 0.6 is 0 Å². The highest BCUT2D eigenvalue weighted by atomic mass is 16.1. The summed E-state index contributed by atoms with van der Waals surface area (Å²) in [5.74, 6) is 0. The van der Waals surface area contributed by atoms with Crippen LogP contribution in [0.15, 0.2) is 36.0 Å². The van der Waals surface area contributed by atoms with Crippen LogP contribution in [0, 0.1) is 0 Å². The lowest BCUT2D eigenvalue weighted by molar-refractivity contribution is -0.105. The first kappa shape index (κ1) is 9.56. The first-order chi connectivity index (χ1) is 5.35. The molecule has 0 atom stereocenters.